The summed E-state index contributed by atoms with van der Waals surface area (Å²) >= 11 is 1.58. The molecule has 2 aromatic rings. The molecule has 2 rings (SSSR count). The molecule has 1 N–H and O–H groups in total. The third-order valence-corrected chi connectivity index (χ3v) is 3.42. The van der Waals surface area contributed by atoms with Gasteiger partial charge in [-0.15, -0.1) is 21.5 Å². The highest BCUT2D eigenvalue weighted by atomic mass is 32.1. The van der Waals surface area contributed by atoms with Crippen LogP contribution in [-0.4, -0.2) is 33.2 Å². The lowest BCUT2D eigenvalue weighted by Crippen LogP contribution is -2.17. The molecule has 1 heterocycles. The van der Waals surface area contributed by atoms with Gasteiger partial charge in [0.1, 0.15) is 10.0 Å². The lowest BCUT2D eigenvalue weighted by molar-refractivity contribution is 0.0696. The van der Waals surface area contributed by atoms with Crippen molar-refractivity contribution in [2.75, 3.05) is 7.05 Å². The number of aromatic nitrogens is 2. The van der Waals surface area contributed by atoms with Gasteiger partial charge in [-0.3, -0.25) is 4.90 Å². The fourth-order valence-electron chi connectivity index (χ4n) is 1.80. The van der Waals surface area contributed by atoms with Crippen molar-refractivity contribution in [1.82, 2.24) is 15.1 Å². The Morgan fingerprint density at radius 1 is 1.37 bits per heavy atom. The van der Waals surface area contributed by atoms with Crippen molar-refractivity contribution in [3.8, 4) is 0 Å². The number of nitrogens with zero attached hydrogens (tertiary/aromatic N) is 3. The summed E-state index contributed by atoms with van der Waals surface area (Å²) in [6.45, 7) is 3.32. The molecule has 0 aliphatic rings. The highest BCUT2D eigenvalue weighted by Gasteiger charge is 2.08. The Bertz CT molecular complexity index is 583. The second-order valence-electron chi connectivity index (χ2n) is 4.39. The van der Waals surface area contributed by atoms with Crippen LogP contribution in [0.4, 0.5) is 0 Å². The number of benzene rings is 1. The van der Waals surface area contributed by atoms with Crippen molar-refractivity contribution >= 4 is 17.3 Å². The van der Waals surface area contributed by atoms with Gasteiger partial charge in [0, 0.05) is 6.54 Å². The number of aryl methyl sites for hydroxylation is 1. The molecule has 100 valence electrons. The lowest BCUT2D eigenvalue weighted by Gasteiger charge is -2.15. The van der Waals surface area contributed by atoms with Crippen LogP contribution >= 0.6 is 11.3 Å². The van der Waals surface area contributed by atoms with Gasteiger partial charge < -0.3 is 5.11 Å². The zero-order valence-corrected chi connectivity index (χ0v) is 11.6. The summed E-state index contributed by atoms with van der Waals surface area (Å²) in [7, 11) is 1.98. The average molecular weight is 277 g/mol. The first kappa shape index (κ1) is 13.6. The van der Waals surface area contributed by atoms with Gasteiger partial charge in [-0.2, -0.15) is 0 Å². The van der Waals surface area contributed by atoms with E-state index in [-0.39, 0.29) is 0 Å². The van der Waals surface area contributed by atoms with Crippen molar-refractivity contribution in [1.29, 1.82) is 0 Å². The van der Waals surface area contributed by atoms with Crippen LogP contribution in [0.15, 0.2) is 24.3 Å². The van der Waals surface area contributed by atoms with E-state index in [1.54, 1.807) is 29.5 Å². The Morgan fingerprint density at radius 3 is 2.79 bits per heavy atom. The van der Waals surface area contributed by atoms with Gasteiger partial charge in [0.05, 0.1) is 12.1 Å². The van der Waals surface area contributed by atoms with Gasteiger partial charge in [-0.1, -0.05) is 12.1 Å². The molecule has 0 aliphatic heterocycles. The Morgan fingerprint density at radius 2 is 2.16 bits per heavy atom. The molecule has 0 spiro atoms. The average Bonchev–Trinajstić information content (AvgIpc) is 2.74. The Balaban J connectivity index is 2.00. The van der Waals surface area contributed by atoms with Crippen molar-refractivity contribution in [2.45, 2.75) is 20.0 Å². The van der Waals surface area contributed by atoms with Crippen LogP contribution in [0.2, 0.25) is 0 Å². The number of carbonyl (C=O) groups is 1. The molecule has 19 heavy (non-hydrogen) atoms. The lowest BCUT2D eigenvalue weighted by atomic mass is 10.1. The first-order chi connectivity index (χ1) is 9.04. The molecule has 0 atom stereocenters. The fourth-order valence-corrected chi connectivity index (χ4v) is 2.59. The fraction of sp³-hybridized carbons (Fsp3) is 0.308. The molecule has 0 unspecified atom stereocenters. The molecule has 0 aliphatic carbocycles. The highest BCUT2D eigenvalue weighted by Crippen LogP contribution is 2.13. The maximum absolute atomic E-state index is 10.9. The largest absolute Gasteiger partial charge is 0.478 e. The third kappa shape index (κ3) is 3.84. The van der Waals surface area contributed by atoms with Crippen molar-refractivity contribution < 1.29 is 9.90 Å². The van der Waals surface area contributed by atoms with E-state index in [0.717, 1.165) is 15.6 Å². The van der Waals surface area contributed by atoms with E-state index in [2.05, 4.69) is 15.1 Å². The first-order valence-corrected chi connectivity index (χ1v) is 6.66. The second-order valence-corrected chi connectivity index (χ2v) is 5.66. The summed E-state index contributed by atoms with van der Waals surface area (Å²) in [6, 6.07) is 6.99. The predicted octanol–water partition coefficient (Wildman–Crippen LogP) is 2.18. The molecule has 0 bridgehead atoms. The normalized spacial score (nSPS) is 10.9. The van der Waals surface area contributed by atoms with Crippen LogP contribution in [-0.2, 0) is 13.1 Å². The molecular weight excluding hydrogens is 262 g/mol. The number of hydrogen-bond acceptors (Lipinski definition) is 5. The number of carboxylic acids is 1. The molecule has 1 aromatic heterocycles. The minimum absolute atomic E-state index is 0.317. The summed E-state index contributed by atoms with van der Waals surface area (Å²) in [5.41, 5.74) is 1.29. The van der Waals surface area contributed by atoms with Gasteiger partial charge in [-0.05, 0) is 31.7 Å². The van der Waals surface area contributed by atoms with Crippen molar-refractivity contribution in [3.05, 3.63) is 45.4 Å². The molecule has 0 saturated heterocycles. The maximum Gasteiger partial charge on any atom is 0.335 e. The number of rotatable bonds is 5. The molecule has 0 fully saturated rings. The van der Waals surface area contributed by atoms with E-state index in [9.17, 15) is 4.79 Å². The molecule has 1 aromatic carbocycles. The summed E-state index contributed by atoms with van der Waals surface area (Å²) in [4.78, 5) is 13.0. The first-order valence-electron chi connectivity index (χ1n) is 5.84. The van der Waals surface area contributed by atoms with Crippen LogP contribution in [0.5, 0.6) is 0 Å². The van der Waals surface area contributed by atoms with Crippen LogP contribution in [0, 0.1) is 6.92 Å². The summed E-state index contributed by atoms with van der Waals surface area (Å²) in [5.74, 6) is -0.899. The van der Waals surface area contributed by atoms with E-state index in [4.69, 9.17) is 5.11 Å². The van der Waals surface area contributed by atoms with E-state index in [1.807, 2.05) is 20.0 Å². The van der Waals surface area contributed by atoms with Crippen molar-refractivity contribution in [3.63, 3.8) is 0 Å². The van der Waals surface area contributed by atoms with Gasteiger partial charge in [0.25, 0.3) is 0 Å². The molecular formula is C13H15N3O2S. The van der Waals surface area contributed by atoms with Crippen LogP contribution in [0.3, 0.4) is 0 Å². The minimum Gasteiger partial charge on any atom is -0.478 e. The summed E-state index contributed by atoms with van der Waals surface area (Å²) in [5, 5.41) is 18.9. The SMILES string of the molecule is Cc1nnc(CN(C)Cc2cccc(C(=O)O)c2)s1. The highest BCUT2D eigenvalue weighted by molar-refractivity contribution is 7.11. The molecule has 0 radical (unpaired) electrons. The predicted molar refractivity (Wildman–Crippen MR) is 73.2 cm³/mol. The maximum atomic E-state index is 10.9. The Labute approximate surface area is 115 Å². The molecule has 0 amide bonds. The van der Waals surface area contributed by atoms with Crippen molar-refractivity contribution in [2.24, 2.45) is 0 Å². The van der Waals surface area contributed by atoms with E-state index < -0.39 is 5.97 Å². The molecule has 5 nitrogen and oxygen atoms in total. The topological polar surface area (TPSA) is 66.3 Å². The molecule has 0 saturated carbocycles. The number of hydrogen-bond donors (Lipinski definition) is 1. The van der Waals surface area contributed by atoms with Crippen LogP contribution < -0.4 is 0 Å². The van der Waals surface area contributed by atoms with Crippen LogP contribution in [0.1, 0.15) is 25.9 Å². The van der Waals surface area contributed by atoms with Gasteiger partial charge >= 0.3 is 5.97 Å². The standard InChI is InChI=1S/C13H15N3O2S/c1-9-14-15-12(19-9)8-16(2)7-10-4-3-5-11(6-10)13(17)18/h3-6H,7-8H2,1-2H3,(H,17,18). The summed E-state index contributed by atoms with van der Waals surface area (Å²) in [6.07, 6.45) is 0. The third-order valence-electron chi connectivity index (χ3n) is 2.60. The van der Waals surface area contributed by atoms with Crippen LogP contribution in [0.25, 0.3) is 0 Å². The number of carboxylic acid groups (broad SMARTS) is 1. The quantitative estimate of drug-likeness (QED) is 0.907. The monoisotopic (exact) mass is 277 g/mol. The Hall–Kier alpha value is -1.79. The van der Waals surface area contributed by atoms with E-state index in [0.29, 0.717) is 18.7 Å². The smallest absolute Gasteiger partial charge is 0.335 e. The van der Waals surface area contributed by atoms with E-state index >= 15 is 0 Å². The zero-order valence-electron chi connectivity index (χ0n) is 10.8. The summed E-state index contributed by atoms with van der Waals surface area (Å²) < 4.78 is 0. The number of aromatic carboxylic acids is 1. The minimum atomic E-state index is -0.899. The van der Waals surface area contributed by atoms with Gasteiger partial charge in [-0.25, -0.2) is 4.79 Å². The van der Waals surface area contributed by atoms with Gasteiger partial charge in [0.2, 0.25) is 0 Å². The Kier molecular flexibility index (Phi) is 4.24. The molecule has 6 heteroatoms. The zero-order chi connectivity index (χ0) is 13.8. The second kappa shape index (κ2) is 5.90. The van der Waals surface area contributed by atoms with E-state index in [1.165, 1.54) is 0 Å². The van der Waals surface area contributed by atoms with Gasteiger partial charge in [0.15, 0.2) is 0 Å².